The summed E-state index contributed by atoms with van der Waals surface area (Å²) in [6.07, 6.45) is 0.839. The van der Waals surface area contributed by atoms with E-state index in [4.69, 9.17) is 0 Å². The van der Waals surface area contributed by atoms with Crippen molar-refractivity contribution >= 4 is 39.9 Å². The Morgan fingerprint density at radius 1 is 1.24 bits per heavy atom. The standard InChI is InChI=1S/C26H35FN6O3S/c1-16(2)25(36)31(5)15-23(34)33-11-10-32(13-17(33)3)21-7-6-18(27)12-19(21)24(35)29-26-28-20-8-9-30(4)14-22(20)37-26/h6-7,12,16-17H,8-11,13-15H2,1-5H3,(H,28,29,35)/t17-/m0/s1. The first kappa shape index (κ1) is 27.0. The Morgan fingerprint density at radius 3 is 2.70 bits per heavy atom. The second-order valence-corrected chi connectivity index (χ2v) is 11.3. The van der Waals surface area contributed by atoms with Crippen molar-refractivity contribution in [3.63, 3.8) is 0 Å². The first-order valence-electron chi connectivity index (χ1n) is 12.6. The summed E-state index contributed by atoms with van der Waals surface area (Å²) >= 11 is 1.46. The van der Waals surface area contributed by atoms with Gasteiger partial charge in [0.1, 0.15) is 5.82 Å². The van der Waals surface area contributed by atoms with Crippen LogP contribution in [0.25, 0.3) is 0 Å². The maximum atomic E-state index is 14.2. The number of piperazine rings is 1. The van der Waals surface area contributed by atoms with Gasteiger partial charge in [-0.25, -0.2) is 9.37 Å². The number of benzene rings is 1. The predicted molar refractivity (Wildman–Crippen MR) is 142 cm³/mol. The van der Waals surface area contributed by atoms with Gasteiger partial charge in [0.25, 0.3) is 5.91 Å². The van der Waals surface area contributed by atoms with Crippen molar-refractivity contribution in [1.82, 2.24) is 19.7 Å². The molecule has 2 aliphatic heterocycles. The van der Waals surface area contributed by atoms with E-state index in [1.165, 1.54) is 28.4 Å². The Balaban J connectivity index is 1.45. The fourth-order valence-corrected chi connectivity index (χ4v) is 5.95. The van der Waals surface area contributed by atoms with Crippen LogP contribution in [0.5, 0.6) is 0 Å². The minimum Gasteiger partial charge on any atom is -0.367 e. The van der Waals surface area contributed by atoms with Crippen LogP contribution in [0.2, 0.25) is 0 Å². The first-order valence-corrected chi connectivity index (χ1v) is 13.4. The van der Waals surface area contributed by atoms with Crippen molar-refractivity contribution in [3.8, 4) is 0 Å². The van der Waals surface area contributed by atoms with Crippen LogP contribution in [-0.2, 0) is 22.6 Å². The molecule has 3 heterocycles. The molecule has 1 aromatic heterocycles. The summed E-state index contributed by atoms with van der Waals surface area (Å²) in [5.74, 6) is -1.26. The summed E-state index contributed by atoms with van der Waals surface area (Å²) in [6.45, 7) is 8.72. The summed E-state index contributed by atoms with van der Waals surface area (Å²) in [4.78, 5) is 51.5. The molecule has 3 amide bonds. The molecule has 37 heavy (non-hydrogen) atoms. The van der Waals surface area contributed by atoms with E-state index in [1.54, 1.807) is 18.0 Å². The van der Waals surface area contributed by atoms with Crippen molar-refractivity contribution in [2.45, 2.75) is 39.8 Å². The smallest absolute Gasteiger partial charge is 0.259 e. The van der Waals surface area contributed by atoms with Gasteiger partial charge < -0.3 is 19.6 Å². The number of hydrogen-bond acceptors (Lipinski definition) is 7. The summed E-state index contributed by atoms with van der Waals surface area (Å²) in [5.41, 5.74) is 1.86. The first-order chi connectivity index (χ1) is 17.5. The average Bonchev–Trinajstić information content (AvgIpc) is 3.24. The van der Waals surface area contributed by atoms with Crippen LogP contribution in [0.1, 0.15) is 41.7 Å². The highest BCUT2D eigenvalue weighted by Crippen LogP contribution is 2.30. The Bertz CT molecular complexity index is 1190. The van der Waals surface area contributed by atoms with Crippen molar-refractivity contribution in [2.24, 2.45) is 5.92 Å². The van der Waals surface area contributed by atoms with Gasteiger partial charge in [0, 0.05) is 68.7 Å². The average molecular weight is 531 g/mol. The fourth-order valence-electron chi connectivity index (χ4n) is 4.87. The molecule has 9 nitrogen and oxygen atoms in total. The van der Waals surface area contributed by atoms with E-state index in [1.807, 2.05) is 25.7 Å². The summed E-state index contributed by atoms with van der Waals surface area (Å²) < 4.78 is 14.2. The summed E-state index contributed by atoms with van der Waals surface area (Å²) in [7, 11) is 3.69. The lowest BCUT2D eigenvalue weighted by Gasteiger charge is -2.42. The van der Waals surface area contributed by atoms with E-state index in [0.29, 0.717) is 30.5 Å². The predicted octanol–water partition coefficient (Wildman–Crippen LogP) is 2.67. The molecule has 1 saturated heterocycles. The second kappa shape index (κ2) is 11.1. The second-order valence-electron chi connectivity index (χ2n) is 10.2. The monoisotopic (exact) mass is 530 g/mol. The van der Waals surface area contributed by atoms with E-state index in [2.05, 4.69) is 22.2 Å². The number of thiazole rings is 1. The molecule has 1 N–H and O–H groups in total. The number of likely N-dealkylation sites (N-methyl/N-ethyl adjacent to an activating group) is 2. The van der Waals surface area contributed by atoms with E-state index < -0.39 is 11.7 Å². The fraction of sp³-hybridized carbons (Fsp3) is 0.538. The minimum absolute atomic E-state index is 0.0269. The highest BCUT2D eigenvalue weighted by molar-refractivity contribution is 7.15. The minimum atomic E-state index is -0.492. The van der Waals surface area contributed by atoms with Crippen LogP contribution < -0.4 is 10.2 Å². The molecule has 0 aliphatic carbocycles. The van der Waals surface area contributed by atoms with Gasteiger partial charge in [-0.15, -0.1) is 11.3 Å². The van der Waals surface area contributed by atoms with Gasteiger partial charge in [0.15, 0.2) is 5.13 Å². The quantitative estimate of drug-likeness (QED) is 0.618. The number of fused-ring (bicyclic) bond motifs is 1. The Morgan fingerprint density at radius 2 is 2.00 bits per heavy atom. The van der Waals surface area contributed by atoms with Crippen LogP contribution in [0.3, 0.4) is 0 Å². The zero-order valence-corrected chi connectivity index (χ0v) is 22.9. The number of amides is 3. The third-order valence-corrected chi connectivity index (χ3v) is 7.87. The summed E-state index contributed by atoms with van der Waals surface area (Å²) in [5, 5.41) is 3.39. The number of hydrogen-bond donors (Lipinski definition) is 1. The van der Waals surface area contributed by atoms with E-state index in [9.17, 15) is 18.8 Å². The lowest BCUT2D eigenvalue weighted by molar-refractivity contribution is -0.142. The van der Waals surface area contributed by atoms with Crippen molar-refractivity contribution in [1.29, 1.82) is 0 Å². The SMILES string of the molecule is CC(C)C(=O)N(C)CC(=O)N1CCN(c2ccc(F)cc2C(=O)Nc2nc3c(s2)CN(C)CC3)C[C@@H]1C. The molecule has 2 aliphatic rings. The van der Waals surface area contributed by atoms with Crippen LogP contribution in [0.4, 0.5) is 15.2 Å². The van der Waals surface area contributed by atoms with Crippen LogP contribution in [0, 0.1) is 11.7 Å². The molecular weight excluding hydrogens is 495 g/mol. The summed E-state index contributed by atoms with van der Waals surface area (Å²) in [6, 6.07) is 4.07. The Kier molecular flexibility index (Phi) is 8.13. The molecule has 4 rings (SSSR count). The molecule has 11 heteroatoms. The van der Waals surface area contributed by atoms with Gasteiger partial charge in [-0.1, -0.05) is 13.8 Å². The Hall–Kier alpha value is -3.05. The van der Waals surface area contributed by atoms with E-state index >= 15 is 0 Å². The zero-order valence-electron chi connectivity index (χ0n) is 22.1. The van der Waals surface area contributed by atoms with Gasteiger partial charge in [-0.05, 0) is 32.2 Å². The third kappa shape index (κ3) is 6.10. The maximum absolute atomic E-state index is 14.2. The number of nitrogens with one attached hydrogen (secondary N) is 1. The third-order valence-electron chi connectivity index (χ3n) is 6.88. The lowest BCUT2D eigenvalue weighted by atomic mass is 10.1. The topological polar surface area (TPSA) is 89.1 Å². The number of carbonyl (C=O) groups excluding carboxylic acids is 3. The van der Waals surface area contributed by atoms with E-state index in [-0.39, 0.29) is 35.9 Å². The number of nitrogens with zero attached hydrogens (tertiary/aromatic N) is 5. The van der Waals surface area contributed by atoms with Crippen molar-refractivity contribution < 1.29 is 18.8 Å². The lowest BCUT2D eigenvalue weighted by Crippen LogP contribution is -2.56. The van der Waals surface area contributed by atoms with Crippen LogP contribution >= 0.6 is 11.3 Å². The Labute approximate surface area is 221 Å². The highest BCUT2D eigenvalue weighted by atomic mass is 32.1. The molecule has 0 radical (unpaired) electrons. The molecule has 200 valence electrons. The number of carbonyl (C=O) groups is 3. The molecule has 1 aromatic carbocycles. The van der Waals surface area contributed by atoms with Gasteiger partial charge >= 0.3 is 0 Å². The van der Waals surface area contributed by atoms with Gasteiger partial charge in [-0.3, -0.25) is 19.7 Å². The van der Waals surface area contributed by atoms with Crippen molar-refractivity contribution in [2.75, 3.05) is 57.0 Å². The maximum Gasteiger partial charge on any atom is 0.259 e. The van der Waals surface area contributed by atoms with Crippen LogP contribution in [0.15, 0.2) is 18.2 Å². The van der Waals surface area contributed by atoms with Gasteiger partial charge in [-0.2, -0.15) is 0 Å². The van der Waals surface area contributed by atoms with Crippen LogP contribution in [-0.4, -0.2) is 90.3 Å². The number of anilines is 2. The highest BCUT2D eigenvalue weighted by Gasteiger charge is 2.31. The number of rotatable bonds is 6. The van der Waals surface area contributed by atoms with Gasteiger partial charge in [0.05, 0.1) is 17.8 Å². The molecule has 1 fully saturated rings. The molecule has 0 saturated carbocycles. The molecule has 0 unspecified atom stereocenters. The normalized spacial score (nSPS) is 18.1. The van der Waals surface area contributed by atoms with Crippen molar-refractivity contribution in [3.05, 3.63) is 40.2 Å². The van der Waals surface area contributed by atoms with Gasteiger partial charge in [0.2, 0.25) is 11.8 Å². The number of aromatic nitrogens is 1. The molecule has 0 bridgehead atoms. The molecule has 2 aromatic rings. The largest absolute Gasteiger partial charge is 0.367 e. The van der Waals surface area contributed by atoms with E-state index in [0.717, 1.165) is 30.1 Å². The molecule has 0 spiro atoms. The molecule has 1 atom stereocenters. The number of halogens is 1. The zero-order chi connectivity index (χ0) is 26.9. The molecular formula is C26H35FN6O3S.